The van der Waals surface area contributed by atoms with Crippen LogP contribution in [0.2, 0.25) is 0 Å². The zero-order chi connectivity index (χ0) is 15.3. The predicted octanol–water partition coefficient (Wildman–Crippen LogP) is 2.82. The molecule has 0 heterocycles. The average molecular weight is 289 g/mol. The number of amides is 1. The van der Waals surface area contributed by atoms with Gasteiger partial charge in [-0.1, -0.05) is 42.5 Å². The number of hydrogen-bond donors (Lipinski definition) is 1. The Morgan fingerprint density at radius 1 is 1.24 bits per heavy atom. The van der Waals surface area contributed by atoms with Gasteiger partial charge in [-0.15, -0.1) is 0 Å². The molecule has 21 heavy (non-hydrogen) atoms. The van der Waals surface area contributed by atoms with E-state index in [0.717, 1.165) is 5.56 Å². The second-order valence-corrected chi connectivity index (χ2v) is 5.00. The van der Waals surface area contributed by atoms with Crippen molar-refractivity contribution in [2.45, 2.75) is 31.9 Å². The summed E-state index contributed by atoms with van der Waals surface area (Å²) in [6.45, 7) is 2.19. The van der Waals surface area contributed by atoms with Gasteiger partial charge in [-0.2, -0.15) is 0 Å². The van der Waals surface area contributed by atoms with Crippen molar-refractivity contribution in [1.82, 2.24) is 4.90 Å². The first-order valence-corrected chi connectivity index (χ1v) is 6.97. The standard InChI is InChI=1S/C16H19NO4/c1-2-17(16(14(18)19)10-6-7-11-16)15(20)21-12-13-8-4-3-5-9-13/h3-9H,2,10-12H2,1H3,(H,18,19). The molecule has 1 aliphatic rings. The summed E-state index contributed by atoms with van der Waals surface area (Å²) in [5, 5.41) is 9.51. The van der Waals surface area contributed by atoms with Crippen LogP contribution < -0.4 is 0 Å². The molecule has 1 aromatic carbocycles. The van der Waals surface area contributed by atoms with E-state index in [1.54, 1.807) is 19.1 Å². The number of carboxylic acids is 1. The van der Waals surface area contributed by atoms with Crippen molar-refractivity contribution in [2.75, 3.05) is 6.54 Å². The van der Waals surface area contributed by atoms with E-state index in [1.807, 2.05) is 30.3 Å². The molecule has 0 atom stereocenters. The Hall–Kier alpha value is -2.30. The third-order valence-electron chi connectivity index (χ3n) is 3.73. The average Bonchev–Trinajstić information content (AvgIpc) is 2.98. The van der Waals surface area contributed by atoms with Crippen molar-refractivity contribution in [3.05, 3.63) is 48.0 Å². The van der Waals surface area contributed by atoms with Crippen LogP contribution in [0.1, 0.15) is 25.3 Å². The molecule has 0 aromatic heterocycles. The molecule has 5 heteroatoms. The molecule has 0 bridgehead atoms. The van der Waals surface area contributed by atoms with Crippen molar-refractivity contribution in [2.24, 2.45) is 0 Å². The SMILES string of the molecule is CCN(C(=O)OCc1ccccc1)C1(C(=O)O)CC=CC1. The molecule has 2 rings (SSSR count). The predicted molar refractivity (Wildman–Crippen MR) is 77.7 cm³/mol. The molecule has 0 fully saturated rings. The number of likely N-dealkylation sites (N-methyl/N-ethyl adjacent to an activating group) is 1. The minimum atomic E-state index is -1.21. The van der Waals surface area contributed by atoms with E-state index in [2.05, 4.69) is 0 Å². The number of benzene rings is 1. The van der Waals surface area contributed by atoms with E-state index >= 15 is 0 Å². The zero-order valence-corrected chi connectivity index (χ0v) is 12.0. The maximum Gasteiger partial charge on any atom is 0.411 e. The smallest absolute Gasteiger partial charge is 0.411 e. The molecule has 0 saturated carbocycles. The number of rotatable bonds is 5. The Bertz CT molecular complexity index is 530. The quantitative estimate of drug-likeness (QED) is 0.846. The molecule has 112 valence electrons. The Balaban J connectivity index is 2.06. The van der Waals surface area contributed by atoms with Gasteiger partial charge < -0.3 is 9.84 Å². The number of carboxylic acid groups (broad SMARTS) is 1. The third-order valence-corrected chi connectivity index (χ3v) is 3.73. The topological polar surface area (TPSA) is 66.8 Å². The summed E-state index contributed by atoms with van der Waals surface area (Å²) in [6, 6.07) is 9.31. The molecule has 1 N–H and O–H groups in total. The third kappa shape index (κ3) is 3.07. The molecule has 0 unspecified atom stereocenters. The summed E-state index contributed by atoms with van der Waals surface area (Å²) < 4.78 is 5.26. The number of nitrogens with zero attached hydrogens (tertiary/aromatic N) is 1. The highest BCUT2D eigenvalue weighted by molar-refractivity contribution is 5.85. The molecule has 1 amide bonds. The van der Waals surface area contributed by atoms with Crippen molar-refractivity contribution < 1.29 is 19.4 Å². The lowest BCUT2D eigenvalue weighted by molar-refractivity contribution is -0.150. The van der Waals surface area contributed by atoms with Crippen LogP contribution in [0, 0.1) is 0 Å². The van der Waals surface area contributed by atoms with Gasteiger partial charge in [0.15, 0.2) is 5.54 Å². The largest absolute Gasteiger partial charge is 0.479 e. The summed E-state index contributed by atoms with van der Waals surface area (Å²) >= 11 is 0. The molecule has 0 radical (unpaired) electrons. The van der Waals surface area contributed by atoms with E-state index < -0.39 is 17.6 Å². The number of hydrogen-bond acceptors (Lipinski definition) is 3. The molecule has 0 saturated heterocycles. The van der Waals surface area contributed by atoms with Crippen molar-refractivity contribution in [3.8, 4) is 0 Å². The van der Waals surface area contributed by atoms with Gasteiger partial charge >= 0.3 is 12.1 Å². The number of ether oxygens (including phenoxy) is 1. The van der Waals surface area contributed by atoms with Crippen LogP contribution in [0.3, 0.4) is 0 Å². The molecule has 5 nitrogen and oxygen atoms in total. The first-order chi connectivity index (χ1) is 10.1. The summed E-state index contributed by atoms with van der Waals surface area (Å²) in [5.74, 6) is -0.994. The van der Waals surface area contributed by atoms with E-state index in [9.17, 15) is 14.7 Å². The van der Waals surface area contributed by atoms with Crippen LogP contribution in [-0.4, -0.2) is 34.2 Å². The summed E-state index contributed by atoms with van der Waals surface area (Å²) in [7, 11) is 0. The fourth-order valence-electron chi connectivity index (χ4n) is 2.55. The lowest BCUT2D eigenvalue weighted by atomic mass is 9.94. The number of aliphatic carboxylic acids is 1. The van der Waals surface area contributed by atoms with Crippen LogP contribution in [0.5, 0.6) is 0 Å². The Morgan fingerprint density at radius 3 is 2.38 bits per heavy atom. The van der Waals surface area contributed by atoms with E-state index in [-0.39, 0.29) is 6.61 Å². The maximum absolute atomic E-state index is 12.3. The van der Waals surface area contributed by atoms with Crippen LogP contribution in [0.25, 0.3) is 0 Å². The van der Waals surface area contributed by atoms with E-state index in [4.69, 9.17) is 4.74 Å². The molecule has 1 aromatic rings. The first kappa shape index (κ1) is 15.1. The van der Waals surface area contributed by atoms with E-state index in [0.29, 0.717) is 19.4 Å². The summed E-state index contributed by atoms with van der Waals surface area (Å²) in [6.07, 6.45) is 3.63. The van der Waals surface area contributed by atoms with Crippen LogP contribution in [0.15, 0.2) is 42.5 Å². The van der Waals surface area contributed by atoms with Crippen molar-refractivity contribution in [1.29, 1.82) is 0 Å². The zero-order valence-electron chi connectivity index (χ0n) is 12.0. The highest BCUT2D eigenvalue weighted by Crippen LogP contribution is 2.31. The van der Waals surface area contributed by atoms with Gasteiger partial charge in [0.25, 0.3) is 0 Å². The highest BCUT2D eigenvalue weighted by atomic mass is 16.6. The van der Waals surface area contributed by atoms with Crippen LogP contribution in [-0.2, 0) is 16.1 Å². The molecular formula is C16H19NO4. The second-order valence-electron chi connectivity index (χ2n) is 5.00. The van der Waals surface area contributed by atoms with Gasteiger partial charge in [-0.3, -0.25) is 4.90 Å². The van der Waals surface area contributed by atoms with Crippen LogP contribution in [0.4, 0.5) is 4.79 Å². The molecule has 1 aliphatic carbocycles. The normalized spacial score (nSPS) is 15.7. The number of carbonyl (C=O) groups is 2. The van der Waals surface area contributed by atoms with Gasteiger partial charge in [0, 0.05) is 6.54 Å². The maximum atomic E-state index is 12.3. The fraction of sp³-hybridized carbons (Fsp3) is 0.375. The first-order valence-electron chi connectivity index (χ1n) is 6.97. The Morgan fingerprint density at radius 2 is 1.86 bits per heavy atom. The van der Waals surface area contributed by atoms with Gasteiger partial charge in [-0.05, 0) is 25.3 Å². The van der Waals surface area contributed by atoms with Crippen LogP contribution >= 0.6 is 0 Å². The Kier molecular flexibility index (Phi) is 4.62. The lowest BCUT2D eigenvalue weighted by Gasteiger charge is -2.36. The lowest BCUT2D eigenvalue weighted by Crippen LogP contribution is -2.55. The summed E-state index contributed by atoms with van der Waals surface area (Å²) in [4.78, 5) is 25.2. The van der Waals surface area contributed by atoms with Gasteiger partial charge in [0.1, 0.15) is 6.61 Å². The summed E-state index contributed by atoms with van der Waals surface area (Å²) in [5.41, 5.74) is -0.335. The molecule has 0 aliphatic heterocycles. The molecular weight excluding hydrogens is 270 g/mol. The minimum absolute atomic E-state index is 0.138. The van der Waals surface area contributed by atoms with Gasteiger partial charge in [-0.25, -0.2) is 9.59 Å². The fourth-order valence-corrected chi connectivity index (χ4v) is 2.55. The van der Waals surface area contributed by atoms with Crippen molar-refractivity contribution >= 4 is 12.1 Å². The monoisotopic (exact) mass is 289 g/mol. The van der Waals surface area contributed by atoms with Crippen molar-refractivity contribution in [3.63, 3.8) is 0 Å². The minimum Gasteiger partial charge on any atom is -0.479 e. The Labute approximate surface area is 123 Å². The van der Waals surface area contributed by atoms with Gasteiger partial charge in [0.2, 0.25) is 0 Å². The highest BCUT2D eigenvalue weighted by Gasteiger charge is 2.47. The van der Waals surface area contributed by atoms with E-state index in [1.165, 1.54) is 4.90 Å². The second kappa shape index (κ2) is 6.43. The molecule has 0 spiro atoms. The number of carbonyl (C=O) groups excluding carboxylic acids is 1. The van der Waals surface area contributed by atoms with Gasteiger partial charge in [0.05, 0.1) is 0 Å².